The lowest BCUT2D eigenvalue weighted by Gasteiger charge is -2.18. The van der Waals surface area contributed by atoms with Gasteiger partial charge in [0.05, 0.1) is 7.11 Å². The van der Waals surface area contributed by atoms with Gasteiger partial charge in [0.25, 0.3) is 0 Å². The van der Waals surface area contributed by atoms with E-state index in [1.807, 2.05) is 45.0 Å². The molecular formula is C17H24O4. The summed E-state index contributed by atoms with van der Waals surface area (Å²) in [5, 5.41) is 0. The third kappa shape index (κ3) is 4.90. The van der Waals surface area contributed by atoms with Crippen LogP contribution in [0, 0.1) is 5.92 Å². The zero-order chi connectivity index (χ0) is 15.8. The highest BCUT2D eigenvalue weighted by molar-refractivity contribution is 5.82. The molecule has 0 saturated carbocycles. The van der Waals surface area contributed by atoms with Gasteiger partial charge in [-0.2, -0.15) is 0 Å². The van der Waals surface area contributed by atoms with Crippen molar-refractivity contribution in [3.8, 4) is 11.5 Å². The molecule has 1 aromatic carbocycles. The van der Waals surface area contributed by atoms with E-state index in [0.29, 0.717) is 11.5 Å². The van der Waals surface area contributed by atoms with E-state index in [2.05, 4.69) is 0 Å². The van der Waals surface area contributed by atoms with Crippen LogP contribution in [0.15, 0.2) is 23.8 Å². The molecule has 116 valence electrons. The van der Waals surface area contributed by atoms with Gasteiger partial charge in [0, 0.05) is 13.5 Å². The summed E-state index contributed by atoms with van der Waals surface area (Å²) >= 11 is 0. The molecule has 0 aliphatic rings. The van der Waals surface area contributed by atoms with Crippen molar-refractivity contribution < 1.29 is 19.0 Å². The third-order valence-electron chi connectivity index (χ3n) is 3.18. The summed E-state index contributed by atoms with van der Waals surface area (Å²) in [6.07, 6.45) is 3.15. The van der Waals surface area contributed by atoms with Gasteiger partial charge in [-0.25, -0.2) is 0 Å². The summed E-state index contributed by atoms with van der Waals surface area (Å²) in [5.41, 5.74) is 1.64. The van der Waals surface area contributed by atoms with Crippen LogP contribution in [-0.2, 0) is 9.53 Å². The molecular weight excluding hydrogens is 268 g/mol. The van der Waals surface area contributed by atoms with E-state index in [0.717, 1.165) is 23.8 Å². The Labute approximate surface area is 126 Å². The van der Waals surface area contributed by atoms with Crippen molar-refractivity contribution in [2.45, 2.75) is 33.5 Å². The maximum absolute atomic E-state index is 11.1. The Balaban J connectivity index is 3.12. The average Bonchev–Trinajstić information content (AvgIpc) is 2.49. The minimum Gasteiger partial charge on any atom is -0.493 e. The number of hydrogen-bond donors (Lipinski definition) is 0. The zero-order valence-corrected chi connectivity index (χ0v) is 13.4. The molecule has 1 atom stereocenters. The first kappa shape index (κ1) is 17.2. The van der Waals surface area contributed by atoms with Crippen molar-refractivity contribution >= 4 is 12.4 Å². The highest BCUT2D eigenvalue weighted by atomic mass is 16.7. The van der Waals surface area contributed by atoms with Crippen LogP contribution in [0.1, 0.15) is 32.8 Å². The quantitative estimate of drug-likeness (QED) is 0.416. The molecule has 0 fully saturated rings. The molecule has 21 heavy (non-hydrogen) atoms. The Kier molecular flexibility index (Phi) is 6.96. The van der Waals surface area contributed by atoms with E-state index in [-0.39, 0.29) is 12.2 Å². The lowest BCUT2D eigenvalue weighted by Crippen LogP contribution is -2.17. The van der Waals surface area contributed by atoms with E-state index in [1.54, 1.807) is 14.2 Å². The van der Waals surface area contributed by atoms with Crippen molar-refractivity contribution in [1.82, 2.24) is 0 Å². The van der Waals surface area contributed by atoms with Gasteiger partial charge in [-0.3, -0.25) is 4.79 Å². The molecule has 0 aliphatic heterocycles. The van der Waals surface area contributed by atoms with Crippen LogP contribution < -0.4 is 9.47 Å². The average molecular weight is 292 g/mol. The molecule has 0 heterocycles. The van der Waals surface area contributed by atoms with Gasteiger partial charge in [0.2, 0.25) is 0 Å². The Morgan fingerprint density at radius 2 is 1.95 bits per heavy atom. The molecule has 0 N–H and O–H groups in total. The predicted molar refractivity (Wildman–Crippen MR) is 83.6 cm³/mol. The summed E-state index contributed by atoms with van der Waals surface area (Å²) in [6.45, 7) is 5.95. The molecule has 0 aliphatic carbocycles. The van der Waals surface area contributed by atoms with Crippen LogP contribution in [0.5, 0.6) is 11.5 Å². The smallest absolute Gasteiger partial charge is 0.199 e. The van der Waals surface area contributed by atoms with Crippen molar-refractivity contribution in [3.63, 3.8) is 0 Å². The highest BCUT2D eigenvalue weighted by Crippen LogP contribution is 2.30. The topological polar surface area (TPSA) is 44.8 Å². The van der Waals surface area contributed by atoms with Gasteiger partial charge in [0.1, 0.15) is 6.29 Å². The fraction of sp³-hybridized carbons (Fsp3) is 0.471. The van der Waals surface area contributed by atoms with Crippen LogP contribution in [-0.4, -0.2) is 26.8 Å². The Hall–Kier alpha value is -1.81. The fourth-order valence-corrected chi connectivity index (χ4v) is 1.84. The van der Waals surface area contributed by atoms with Crippen molar-refractivity contribution in [3.05, 3.63) is 29.3 Å². The van der Waals surface area contributed by atoms with Crippen molar-refractivity contribution in [1.29, 1.82) is 0 Å². The molecule has 1 unspecified atom stereocenters. The molecule has 0 radical (unpaired) electrons. The van der Waals surface area contributed by atoms with Gasteiger partial charge < -0.3 is 14.2 Å². The number of carbonyl (C=O) groups is 1. The maximum Gasteiger partial charge on any atom is 0.199 e. The van der Waals surface area contributed by atoms with Crippen LogP contribution in [0.4, 0.5) is 0 Å². The number of benzene rings is 1. The molecule has 4 heteroatoms. The first-order valence-electron chi connectivity index (χ1n) is 7.09. The van der Waals surface area contributed by atoms with Crippen molar-refractivity contribution in [2.75, 3.05) is 14.2 Å². The van der Waals surface area contributed by atoms with Gasteiger partial charge in [0.15, 0.2) is 17.8 Å². The van der Waals surface area contributed by atoms with E-state index < -0.39 is 0 Å². The summed E-state index contributed by atoms with van der Waals surface area (Å²) in [4.78, 5) is 11.1. The van der Waals surface area contributed by atoms with Gasteiger partial charge in [-0.05, 0) is 35.3 Å². The van der Waals surface area contributed by atoms with Crippen LogP contribution in [0.2, 0.25) is 0 Å². The summed E-state index contributed by atoms with van der Waals surface area (Å²) in [7, 11) is 3.20. The van der Waals surface area contributed by atoms with Crippen LogP contribution >= 0.6 is 0 Å². The SMILES string of the molecule is CCC(OC)Oc1cc(C=C(C=O)C(C)C)ccc1OC. The molecule has 0 spiro atoms. The second kappa shape index (κ2) is 8.47. The van der Waals surface area contributed by atoms with Crippen LogP contribution in [0.25, 0.3) is 6.08 Å². The molecule has 1 aromatic rings. The number of ether oxygens (including phenoxy) is 3. The van der Waals surface area contributed by atoms with E-state index in [1.165, 1.54) is 0 Å². The Morgan fingerprint density at radius 3 is 2.43 bits per heavy atom. The fourth-order valence-electron chi connectivity index (χ4n) is 1.84. The number of rotatable bonds is 8. The molecule has 1 rings (SSSR count). The second-order valence-electron chi connectivity index (χ2n) is 5.02. The maximum atomic E-state index is 11.1. The lowest BCUT2D eigenvalue weighted by atomic mass is 10.0. The number of hydrogen-bond acceptors (Lipinski definition) is 4. The zero-order valence-electron chi connectivity index (χ0n) is 13.4. The van der Waals surface area contributed by atoms with Crippen LogP contribution in [0.3, 0.4) is 0 Å². The monoisotopic (exact) mass is 292 g/mol. The Morgan fingerprint density at radius 1 is 1.24 bits per heavy atom. The van der Waals surface area contributed by atoms with E-state index in [4.69, 9.17) is 14.2 Å². The van der Waals surface area contributed by atoms with Gasteiger partial charge >= 0.3 is 0 Å². The largest absolute Gasteiger partial charge is 0.493 e. The lowest BCUT2D eigenvalue weighted by molar-refractivity contribution is -0.105. The normalized spacial score (nSPS) is 13.1. The van der Waals surface area contributed by atoms with E-state index in [9.17, 15) is 4.79 Å². The number of carbonyl (C=O) groups excluding carboxylic acids is 1. The minimum absolute atomic E-state index is 0.177. The molecule has 0 amide bonds. The van der Waals surface area contributed by atoms with Crippen molar-refractivity contribution in [2.24, 2.45) is 5.92 Å². The molecule has 0 saturated heterocycles. The summed E-state index contributed by atoms with van der Waals surface area (Å²) in [5.74, 6) is 1.42. The Bertz CT molecular complexity index is 488. The highest BCUT2D eigenvalue weighted by Gasteiger charge is 2.12. The summed E-state index contributed by atoms with van der Waals surface area (Å²) in [6, 6.07) is 5.57. The van der Waals surface area contributed by atoms with E-state index >= 15 is 0 Å². The standard InChI is InChI=1S/C17H24O4/c1-6-17(20-5)21-16-10-13(7-8-15(16)19-4)9-14(11-18)12(2)3/h7-12,17H,6H2,1-5H3. The third-order valence-corrected chi connectivity index (χ3v) is 3.18. The first-order chi connectivity index (χ1) is 10.0. The molecule has 4 nitrogen and oxygen atoms in total. The minimum atomic E-state index is -0.325. The molecule has 0 bridgehead atoms. The summed E-state index contributed by atoms with van der Waals surface area (Å²) < 4.78 is 16.3. The number of methoxy groups -OCH3 is 2. The number of aldehydes is 1. The van der Waals surface area contributed by atoms with Gasteiger partial charge in [-0.1, -0.05) is 26.8 Å². The second-order valence-corrected chi connectivity index (χ2v) is 5.02. The first-order valence-corrected chi connectivity index (χ1v) is 7.09. The predicted octanol–water partition coefficient (Wildman–Crippen LogP) is 3.69. The van der Waals surface area contributed by atoms with Gasteiger partial charge in [-0.15, -0.1) is 0 Å². The molecule has 0 aromatic heterocycles. The number of allylic oxidation sites excluding steroid dienone is 1.